The van der Waals surface area contributed by atoms with Gasteiger partial charge in [0.05, 0.1) is 6.42 Å². The number of likely N-dealkylation sites (N-methyl/N-ethyl adjacent to an activating group) is 1. The maximum absolute atomic E-state index is 11.6. The number of carbonyl (C=O) groups excluding carboxylic acids is 1. The number of nitrogens with two attached hydrogens (primary N) is 1. The maximum Gasteiger partial charge on any atom is 0.231 e. The number of hydrogen-bond donors (Lipinski definition) is 1. The van der Waals surface area contributed by atoms with Gasteiger partial charge in [0.1, 0.15) is 0 Å². The second kappa shape index (κ2) is 4.88. The number of fused-ring (bicyclic) bond motifs is 1. The molecule has 1 aliphatic rings. The molecule has 1 aromatic rings. The lowest BCUT2D eigenvalue weighted by Crippen LogP contribution is -2.20. The SMILES string of the molecule is CC(CCN)Cc1ccc2c(c1)CC(=O)N2C. The summed E-state index contributed by atoms with van der Waals surface area (Å²) in [5, 5.41) is 0. The van der Waals surface area contributed by atoms with Crippen LogP contribution >= 0.6 is 0 Å². The van der Waals surface area contributed by atoms with Crippen LogP contribution in [0.3, 0.4) is 0 Å². The Hall–Kier alpha value is -1.35. The second-order valence-corrected chi connectivity index (χ2v) is 4.98. The Morgan fingerprint density at radius 2 is 2.24 bits per heavy atom. The molecule has 0 saturated heterocycles. The van der Waals surface area contributed by atoms with E-state index in [1.807, 2.05) is 7.05 Å². The Balaban J connectivity index is 2.13. The predicted molar refractivity (Wildman–Crippen MR) is 70.1 cm³/mol. The van der Waals surface area contributed by atoms with Crippen molar-refractivity contribution in [3.63, 3.8) is 0 Å². The molecule has 92 valence electrons. The summed E-state index contributed by atoms with van der Waals surface area (Å²) in [6.45, 7) is 2.96. The number of benzene rings is 1. The molecule has 1 aromatic carbocycles. The Labute approximate surface area is 103 Å². The molecule has 0 radical (unpaired) electrons. The smallest absolute Gasteiger partial charge is 0.231 e. The van der Waals surface area contributed by atoms with E-state index < -0.39 is 0 Å². The minimum Gasteiger partial charge on any atom is -0.330 e. The lowest BCUT2D eigenvalue weighted by Gasteiger charge is -2.13. The van der Waals surface area contributed by atoms with Gasteiger partial charge in [-0.05, 0) is 42.5 Å². The molecule has 0 saturated carbocycles. The molecular formula is C14H20N2O. The van der Waals surface area contributed by atoms with Crippen molar-refractivity contribution in [3.8, 4) is 0 Å². The summed E-state index contributed by atoms with van der Waals surface area (Å²) in [6, 6.07) is 6.36. The number of amides is 1. The number of carbonyl (C=O) groups is 1. The summed E-state index contributed by atoms with van der Waals surface area (Å²) in [7, 11) is 1.84. The molecule has 0 aliphatic carbocycles. The van der Waals surface area contributed by atoms with Crippen molar-refractivity contribution in [2.24, 2.45) is 11.7 Å². The summed E-state index contributed by atoms with van der Waals surface area (Å²) in [6.07, 6.45) is 2.64. The standard InChI is InChI=1S/C14H20N2O/c1-10(5-6-15)7-11-3-4-13-12(8-11)9-14(17)16(13)2/h3-4,8,10H,5-7,9,15H2,1-2H3. The summed E-state index contributed by atoms with van der Waals surface area (Å²) in [4.78, 5) is 13.3. The molecule has 0 aromatic heterocycles. The van der Waals surface area contributed by atoms with E-state index in [4.69, 9.17) is 5.73 Å². The first kappa shape index (κ1) is 12.1. The topological polar surface area (TPSA) is 46.3 Å². The zero-order valence-electron chi connectivity index (χ0n) is 10.6. The first-order valence-electron chi connectivity index (χ1n) is 6.20. The highest BCUT2D eigenvalue weighted by atomic mass is 16.2. The quantitative estimate of drug-likeness (QED) is 0.859. The van der Waals surface area contributed by atoms with E-state index in [2.05, 4.69) is 25.1 Å². The second-order valence-electron chi connectivity index (χ2n) is 4.98. The van der Waals surface area contributed by atoms with Crippen molar-refractivity contribution in [2.45, 2.75) is 26.2 Å². The van der Waals surface area contributed by atoms with Crippen molar-refractivity contribution in [1.29, 1.82) is 0 Å². The number of anilines is 1. The fraction of sp³-hybridized carbons (Fsp3) is 0.500. The van der Waals surface area contributed by atoms with Crippen molar-refractivity contribution < 1.29 is 4.79 Å². The first-order chi connectivity index (χ1) is 8.11. The van der Waals surface area contributed by atoms with E-state index in [1.165, 1.54) is 5.56 Å². The normalized spacial score (nSPS) is 16.2. The molecule has 1 amide bonds. The lowest BCUT2D eigenvalue weighted by atomic mass is 9.96. The highest BCUT2D eigenvalue weighted by molar-refractivity contribution is 6.00. The van der Waals surface area contributed by atoms with Gasteiger partial charge in [0.25, 0.3) is 0 Å². The molecule has 3 heteroatoms. The van der Waals surface area contributed by atoms with Crippen LogP contribution in [-0.2, 0) is 17.6 Å². The zero-order chi connectivity index (χ0) is 12.4. The first-order valence-corrected chi connectivity index (χ1v) is 6.20. The van der Waals surface area contributed by atoms with E-state index in [0.717, 1.165) is 30.6 Å². The third-order valence-corrected chi connectivity index (χ3v) is 3.46. The molecule has 3 nitrogen and oxygen atoms in total. The molecule has 1 aliphatic heterocycles. The Morgan fingerprint density at radius 3 is 2.94 bits per heavy atom. The van der Waals surface area contributed by atoms with Gasteiger partial charge in [-0.3, -0.25) is 4.79 Å². The molecule has 2 rings (SSSR count). The van der Waals surface area contributed by atoms with Crippen LogP contribution in [0.2, 0.25) is 0 Å². The van der Waals surface area contributed by atoms with Crippen LogP contribution in [-0.4, -0.2) is 19.5 Å². The molecule has 2 N–H and O–H groups in total. The van der Waals surface area contributed by atoms with E-state index >= 15 is 0 Å². The largest absolute Gasteiger partial charge is 0.330 e. The van der Waals surface area contributed by atoms with Crippen molar-refractivity contribution in [2.75, 3.05) is 18.5 Å². The molecule has 1 atom stereocenters. The van der Waals surface area contributed by atoms with Gasteiger partial charge in [-0.15, -0.1) is 0 Å². The number of nitrogens with zero attached hydrogens (tertiary/aromatic N) is 1. The van der Waals surface area contributed by atoms with Gasteiger partial charge < -0.3 is 10.6 Å². The Bertz CT molecular complexity index is 428. The average molecular weight is 232 g/mol. The van der Waals surface area contributed by atoms with Crippen molar-refractivity contribution in [3.05, 3.63) is 29.3 Å². The highest BCUT2D eigenvalue weighted by Crippen LogP contribution is 2.29. The fourth-order valence-corrected chi connectivity index (χ4v) is 2.44. The van der Waals surface area contributed by atoms with E-state index in [-0.39, 0.29) is 5.91 Å². The van der Waals surface area contributed by atoms with E-state index in [0.29, 0.717) is 12.3 Å². The molecule has 0 spiro atoms. The van der Waals surface area contributed by atoms with Gasteiger partial charge in [-0.1, -0.05) is 19.1 Å². The van der Waals surface area contributed by atoms with Crippen molar-refractivity contribution >= 4 is 11.6 Å². The van der Waals surface area contributed by atoms with E-state index in [9.17, 15) is 4.79 Å². The zero-order valence-corrected chi connectivity index (χ0v) is 10.6. The van der Waals surface area contributed by atoms with Gasteiger partial charge >= 0.3 is 0 Å². The summed E-state index contributed by atoms with van der Waals surface area (Å²) >= 11 is 0. The number of hydrogen-bond acceptors (Lipinski definition) is 2. The molecule has 0 fully saturated rings. The van der Waals surface area contributed by atoms with Crippen LogP contribution in [0.1, 0.15) is 24.5 Å². The maximum atomic E-state index is 11.6. The molecule has 0 bridgehead atoms. The highest BCUT2D eigenvalue weighted by Gasteiger charge is 2.23. The van der Waals surface area contributed by atoms with Crippen LogP contribution in [0, 0.1) is 5.92 Å². The third-order valence-electron chi connectivity index (χ3n) is 3.46. The molecular weight excluding hydrogens is 212 g/mol. The van der Waals surface area contributed by atoms with Gasteiger partial charge in [0.15, 0.2) is 0 Å². The van der Waals surface area contributed by atoms with Gasteiger partial charge in [-0.25, -0.2) is 0 Å². The Morgan fingerprint density at radius 1 is 1.47 bits per heavy atom. The lowest BCUT2D eigenvalue weighted by molar-refractivity contribution is -0.117. The number of rotatable bonds is 4. The van der Waals surface area contributed by atoms with Crippen LogP contribution in [0.15, 0.2) is 18.2 Å². The molecule has 1 unspecified atom stereocenters. The molecule has 1 heterocycles. The monoisotopic (exact) mass is 232 g/mol. The van der Waals surface area contributed by atoms with Crippen LogP contribution < -0.4 is 10.6 Å². The van der Waals surface area contributed by atoms with Crippen LogP contribution in [0.5, 0.6) is 0 Å². The summed E-state index contributed by atoms with van der Waals surface area (Å²) in [5.74, 6) is 0.792. The Kier molecular flexibility index (Phi) is 3.48. The predicted octanol–water partition coefficient (Wildman–Crippen LogP) is 1.73. The van der Waals surface area contributed by atoms with E-state index in [1.54, 1.807) is 4.90 Å². The van der Waals surface area contributed by atoms with Crippen LogP contribution in [0.4, 0.5) is 5.69 Å². The third kappa shape index (κ3) is 2.50. The fourth-order valence-electron chi connectivity index (χ4n) is 2.44. The average Bonchev–Trinajstić information content (AvgIpc) is 2.55. The minimum absolute atomic E-state index is 0.187. The van der Waals surface area contributed by atoms with Gasteiger partial charge in [0, 0.05) is 12.7 Å². The molecule has 17 heavy (non-hydrogen) atoms. The summed E-state index contributed by atoms with van der Waals surface area (Å²) in [5.41, 5.74) is 9.09. The summed E-state index contributed by atoms with van der Waals surface area (Å²) < 4.78 is 0. The van der Waals surface area contributed by atoms with Crippen LogP contribution in [0.25, 0.3) is 0 Å². The minimum atomic E-state index is 0.187. The van der Waals surface area contributed by atoms with Gasteiger partial charge in [-0.2, -0.15) is 0 Å². The van der Waals surface area contributed by atoms with Gasteiger partial charge in [0.2, 0.25) is 5.91 Å². The van der Waals surface area contributed by atoms with Crippen molar-refractivity contribution in [1.82, 2.24) is 0 Å².